The fraction of sp³-hybridized carbons (Fsp3) is 0.200. The van der Waals surface area contributed by atoms with E-state index < -0.39 is 5.97 Å². The summed E-state index contributed by atoms with van der Waals surface area (Å²) in [6.45, 7) is 0. The van der Waals surface area contributed by atoms with E-state index in [1.165, 1.54) is 18.5 Å². The molecule has 2 rings (SSSR count). The van der Waals surface area contributed by atoms with Crippen LogP contribution in [0, 0.1) is 0 Å². The van der Waals surface area contributed by atoms with Crippen LogP contribution in [-0.2, 0) is 11.2 Å². The van der Waals surface area contributed by atoms with E-state index in [1.54, 1.807) is 0 Å². The van der Waals surface area contributed by atoms with Crippen molar-refractivity contribution in [3.63, 3.8) is 0 Å². The van der Waals surface area contributed by atoms with Gasteiger partial charge in [-0.15, -0.1) is 10.2 Å². The number of carboxylic acid groups (broad SMARTS) is 1. The molecule has 0 saturated heterocycles. The van der Waals surface area contributed by atoms with Crippen molar-refractivity contribution in [2.75, 3.05) is 0 Å². The van der Waals surface area contributed by atoms with Crippen molar-refractivity contribution in [2.45, 2.75) is 12.8 Å². The minimum Gasteiger partial charge on any atom is -0.481 e. The predicted octanol–water partition coefficient (Wildman–Crippen LogP) is 0.442. The number of hydrogen-bond donors (Lipinski definition) is 2. The van der Waals surface area contributed by atoms with Crippen LogP contribution in [0.5, 0.6) is 0 Å². The normalized spacial score (nSPS) is 10.4. The average Bonchev–Trinajstić information content (AvgIpc) is 2.75. The van der Waals surface area contributed by atoms with Gasteiger partial charge in [0.1, 0.15) is 5.56 Å². The molecule has 2 aromatic heterocycles. The van der Waals surface area contributed by atoms with Crippen molar-refractivity contribution < 1.29 is 14.3 Å². The Morgan fingerprint density at radius 2 is 2.29 bits per heavy atom. The molecule has 0 spiro atoms. The van der Waals surface area contributed by atoms with E-state index in [0.717, 1.165) is 0 Å². The Labute approximate surface area is 95.1 Å². The van der Waals surface area contributed by atoms with Gasteiger partial charge in [0.05, 0.1) is 6.42 Å². The van der Waals surface area contributed by atoms with Gasteiger partial charge in [0.25, 0.3) is 5.89 Å². The fourth-order valence-electron chi connectivity index (χ4n) is 1.26. The smallest absolute Gasteiger partial charge is 0.303 e. The summed E-state index contributed by atoms with van der Waals surface area (Å²) in [5.41, 5.74) is 0.0266. The van der Waals surface area contributed by atoms with E-state index in [2.05, 4.69) is 15.2 Å². The molecule has 0 fully saturated rings. The lowest BCUT2D eigenvalue weighted by molar-refractivity contribution is -0.137. The second-order valence-corrected chi connectivity index (χ2v) is 3.32. The Balaban J connectivity index is 2.21. The van der Waals surface area contributed by atoms with Crippen molar-refractivity contribution in [1.29, 1.82) is 0 Å². The zero-order chi connectivity index (χ0) is 12.3. The van der Waals surface area contributed by atoms with Crippen LogP contribution in [-0.4, -0.2) is 26.3 Å². The van der Waals surface area contributed by atoms with Crippen LogP contribution in [0.3, 0.4) is 0 Å². The first-order chi connectivity index (χ1) is 8.16. The highest BCUT2D eigenvalue weighted by molar-refractivity contribution is 5.66. The second-order valence-electron chi connectivity index (χ2n) is 3.32. The Morgan fingerprint density at radius 1 is 1.47 bits per heavy atom. The summed E-state index contributed by atoms with van der Waals surface area (Å²) in [5.74, 6) is -0.653. The Hall–Kier alpha value is -2.44. The molecule has 7 nitrogen and oxygen atoms in total. The van der Waals surface area contributed by atoms with Crippen molar-refractivity contribution >= 4 is 5.97 Å². The number of rotatable bonds is 4. The molecule has 0 atom stereocenters. The van der Waals surface area contributed by atoms with Gasteiger partial charge in [0.15, 0.2) is 5.43 Å². The molecule has 7 heteroatoms. The molecular weight excluding hydrogens is 226 g/mol. The van der Waals surface area contributed by atoms with Gasteiger partial charge in [-0.3, -0.25) is 9.59 Å². The quantitative estimate of drug-likeness (QED) is 0.795. The van der Waals surface area contributed by atoms with Crippen LogP contribution >= 0.6 is 0 Å². The van der Waals surface area contributed by atoms with E-state index in [4.69, 9.17) is 9.52 Å². The lowest BCUT2D eigenvalue weighted by Gasteiger charge is -1.92. The predicted molar refractivity (Wildman–Crippen MR) is 56.3 cm³/mol. The maximum absolute atomic E-state index is 11.5. The van der Waals surface area contributed by atoms with Crippen LogP contribution in [0.25, 0.3) is 11.5 Å². The van der Waals surface area contributed by atoms with Crippen LogP contribution in [0.4, 0.5) is 0 Å². The number of aromatic amines is 1. The molecule has 0 saturated carbocycles. The number of hydrogen-bond acceptors (Lipinski definition) is 5. The maximum atomic E-state index is 11.5. The van der Waals surface area contributed by atoms with Crippen molar-refractivity contribution in [1.82, 2.24) is 15.2 Å². The van der Waals surface area contributed by atoms with Gasteiger partial charge in [0, 0.05) is 24.9 Å². The minimum atomic E-state index is -0.942. The number of nitrogens with zero attached hydrogens (tertiary/aromatic N) is 2. The summed E-state index contributed by atoms with van der Waals surface area (Å²) >= 11 is 0. The number of pyridine rings is 1. The molecule has 0 amide bonds. The number of carboxylic acids is 1. The third kappa shape index (κ3) is 2.57. The lowest BCUT2D eigenvalue weighted by Crippen LogP contribution is -2.02. The lowest BCUT2D eigenvalue weighted by atomic mass is 10.3. The third-order valence-electron chi connectivity index (χ3n) is 2.07. The molecule has 0 aromatic carbocycles. The molecule has 0 aliphatic rings. The van der Waals surface area contributed by atoms with Crippen molar-refractivity contribution in [3.8, 4) is 11.5 Å². The first-order valence-corrected chi connectivity index (χ1v) is 4.88. The SMILES string of the molecule is O=C(O)CCc1nnc(-c2c[nH]ccc2=O)o1. The molecule has 2 aromatic rings. The zero-order valence-electron chi connectivity index (χ0n) is 8.71. The van der Waals surface area contributed by atoms with Crippen LogP contribution in [0.2, 0.25) is 0 Å². The van der Waals surface area contributed by atoms with Crippen LogP contribution in [0.1, 0.15) is 12.3 Å². The molecule has 17 heavy (non-hydrogen) atoms. The largest absolute Gasteiger partial charge is 0.481 e. The fourth-order valence-corrected chi connectivity index (χ4v) is 1.26. The number of aliphatic carboxylic acids is 1. The van der Waals surface area contributed by atoms with Gasteiger partial charge in [-0.2, -0.15) is 0 Å². The molecular formula is C10H9N3O4. The first kappa shape index (κ1) is 11.1. The van der Waals surface area contributed by atoms with Gasteiger partial charge < -0.3 is 14.5 Å². The van der Waals surface area contributed by atoms with Gasteiger partial charge in [-0.05, 0) is 0 Å². The van der Waals surface area contributed by atoms with Gasteiger partial charge in [0.2, 0.25) is 5.89 Å². The molecule has 0 unspecified atom stereocenters. The monoisotopic (exact) mass is 235 g/mol. The highest BCUT2D eigenvalue weighted by atomic mass is 16.4. The summed E-state index contributed by atoms with van der Waals surface area (Å²) in [6, 6.07) is 1.34. The Morgan fingerprint density at radius 3 is 3.00 bits per heavy atom. The summed E-state index contributed by atoms with van der Waals surface area (Å²) in [7, 11) is 0. The Kier molecular flexibility index (Phi) is 2.99. The molecule has 2 heterocycles. The zero-order valence-corrected chi connectivity index (χ0v) is 8.71. The average molecular weight is 235 g/mol. The van der Waals surface area contributed by atoms with E-state index >= 15 is 0 Å². The number of H-pyrrole nitrogens is 1. The summed E-state index contributed by atoms with van der Waals surface area (Å²) in [4.78, 5) is 24.5. The van der Waals surface area contributed by atoms with Crippen molar-refractivity contribution in [3.05, 3.63) is 34.6 Å². The molecule has 2 N–H and O–H groups in total. The second kappa shape index (κ2) is 4.60. The van der Waals surface area contributed by atoms with E-state index in [9.17, 15) is 9.59 Å². The topological polar surface area (TPSA) is 109 Å². The molecule has 0 aliphatic heterocycles. The number of aryl methyl sites for hydroxylation is 1. The molecule has 0 radical (unpaired) electrons. The third-order valence-corrected chi connectivity index (χ3v) is 2.07. The number of aromatic nitrogens is 3. The highest BCUT2D eigenvalue weighted by Gasteiger charge is 2.12. The Bertz CT molecular complexity index is 587. The van der Waals surface area contributed by atoms with E-state index in [0.29, 0.717) is 0 Å². The van der Waals surface area contributed by atoms with Gasteiger partial charge >= 0.3 is 5.97 Å². The van der Waals surface area contributed by atoms with E-state index in [-0.39, 0.29) is 35.6 Å². The maximum Gasteiger partial charge on any atom is 0.303 e. The van der Waals surface area contributed by atoms with Crippen LogP contribution in [0.15, 0.2) is 27.7 Å². The summed E-state index contributed by atoms with van der Waals surface area (Å²) in [5, 5.41) is 15.9. The van der Waals surface area contributed by atoms with Crippen molar-refractivity contribution in [2.24, 2.45) is 0 Å². The summed E-state index contributed by atoms with van der Waals surface area (Å²) < 4.78 is 5.20. The highest BCUT2D eigenvalue weighted by Crippen LogP contribution is 2.13. The molecule has 88 valence electrons. The summed E-state index contributed by atoms with van der Waals surface area (Å²) in [6.07, 6.45) is 3.00. The molecule has 0 aliphatic carbocycles. The minimum absolute atomic E-state index is 0.0900. The van der Waals surface area contributed by atoms with Crippen LogP contribution < -0.4 is 5.43 Å². The molecule has 0 bridgehead atoms. The standard InChI is InChI=1S/C10H9N3O4/c14-7-3-4-11-5-6(7)10-13-12-8(17-10)1-2-9(15)16/h3-5H,1-2H2,(H,11,14)(H,15,16). The number of nitrogens with one attached hydrogen (secondary N) is 1. The van der Waals surface area contributed by atoms with E-state index in [1.807, 2.05) is 0 Å². The van der Waals surface area contributed by atoms with Gasteiger partial charge in [-0.1, -0.05) is 0 Å². The number of carbonyl (C=O) groups is 1. The van der Waals surface area contributed by atoms with Gasteiger partial charge in [-0.25, -0.2) is 0 Å². The first-order valence-electron chi connectivity index (χ1n) is 4.88.